The molecule has 1 fully saturated rings. The molecule has 0 saturated carbocycles. The lowest BCUT2D eigenvalue weighted by Gasteiger charge is -2.27. The Kier molecular flexibility index (Phi) is 6.61. The molecular formula is C23H28N4O4S. The summed E-state index contributed by atoms with van der Waals surface area (Å²) in [5.74, 6) is 1.94. The van der Waals surface area contributed by atoms with Crippen LogP contribution < -0.4 is 14.2 Å². The van der Waals surface area contributed by atoms with Gasteiger partial charge in [-0.15, -0.1) is 0 Å². The van der Waals surface area contributed by atoms with Crippen LogP contribution in [0.5, 0.6) is 17.2 Å². The summed E-state index contributed by atoms with van der Waals surface area (Å²) in [4.78, 5) is 6.71. The number of ether oxygens (including phenoxy) is 2. The van der Waals surface area contributed by atoms with Crippen molar-refractivity contribution in [3.8, 4) is 17.2 Å². The van der Waals surface area contributed by atoms with Crippen LogP contribution in [0.4, 0.5) is 0 Å². The van der Waals surface area contributed by atoms with Gasteiger partial charge in [-0.3, -0.25) is 9.88 Å². The maximum Gasteiger partial charge on any atom is 0.138 e. The molecule has 3 aromatic rings. The topological polar surface area (TPSA) is 108 Å². The van der Waals surface area contributed by atoms with Gasteiger partial charge in [0, 0.05) is 36.8 Å². The molecule has 2 aromatic carbocycles. The third-order valence-corrected chi connectivity index (χ3v) is 7.23. The van der Waals surface area contributed by atoms with Crippen molar-refractivity contribution >= 4 is 20.8 Å². The fraction of sp³-hybridized carbons (Fsp3) is 0.348. The molecular weight excluding hydrogens is 428 g/mol. The highest BCUT2D eigenvalue weighted by molar-refractivity contribution is 7.90. The zero-order valence-corrected chi connectivity index (χ0v) is 19.0. The number of aliphatic hydroxyl groups excluding tert-OH is 1. The van der Waals surface area contributed by atoms with Crippen LogP contribution in [0.25, 0.3) is 10.9 Å². The highest BCUT2D eigenvalue weighted by atomic mass is 32.2. The van der Waals surface area contributed by atoms with E-state index in [9.17, 15) is 9.32 Å². The molecule has 8 nitrogen and oxygen atoms in total. The predicted molar refractivity (Wildman–Crippen MR) is 123 cm³/mol. The Morgan fingerprint density at radius 3 is 2.72 bits per heavy atom. The number of aliphatic hydroxyl groups is 1. The fourth-order valence-electron chi connectivity index (χ4n) is 4.01. The summed E-state index contributed by atoms with van der Waals surface area (Å²) in [6.45, 7) is 2.93. The molecule has 1 aliphatic heterocycles. The second kappa shape index (κ2) is 9.41. The van der Waals surface area contributed by atoms with Gasteiger partial charge in [0.15, 0.2) is 0 Å². The quantitative estimate of drug-likeness (QED) is 0.477. The first-order valence-corrected chi connectivity index (χ1v) is 12.1. The van der Waals surface area contributed by atoms with Gasteiger partial charge in [0.1, 0.15) is 33.4 Å². The SMILES string of the molecule is COc1ccc2c(Oc3ccc(S(=N)(=O)NCC4CCCN4C(C)O)cc3)ccnc2c1. The summed E-state index contributed by atoms with van der Waals surface area (Å²) in [5, 5.41) is 10.7. The van der Waals surface area contributed by atoms with E-state index in [1.807, 2.05) is 23.1 Å². The molecule has 4 rings (SSSR count). The number of pyridine rings is 1. The molecule has 0 spiro atoms. The molecule has 32 heavy (non-hydrogen) atoms. The lowest BCUT2D eigenvalue weighted by Crippen LogP contribution is -2.43. The summed E-state index contributed by atoms with van der Waals surface area (Å²) >= 11 is 0. The van der Waals surface area contributed by atoms with E-state index < -0.39 is 16.1 Å². The van der Waals surface area contributed by atoms with Gasteiger partial charge in [0.25, 0.3) is 0 Å². The van der Waals surface area contributed by atoms with Gasteiger partial charge in [-0.05, 0) is 62.2 Å². The molecule has 0 aliphatic carbocycles. The van der Waals surface area contributed by atoms with Crippen molar-refractivity contribution in [2.45, 2.75) is 36.9 Å². The monoisotopic (exact) mass is 456 g/mol. The minimum Gasteiger partial charge on any atom is -0.497 e. The number of rotatable bonds is 8. The molecule has 170 valence electrons. The number of aromatic nitrogens is 1. The van der Waals surface area contributed by atoms with Gasteiger partial charge in [-0.2, -0.15) is 0 Å². The first-order chi connectivity index (χ1) is 15.4. The average Bonchev–Trinajstić information content (AvgIpc) is 3.27. The summed E-state index contributed by atoms with van der Waals surface area (Å²) in [6.07, 6.45) is 3.02. The van der Waals surface area contributed by atoms with E-state index in [1.165, 1.54) is 0 Å². The molecule has 9 heteroatoms. The lowest BCUT2D eigenvalue weighted by atomic mass is 10.2. The Morgan fingerprint density at radius 2 is 2.00 bits per heavy atom. The Bertz CT molecular complexity index is 1180. The first kappa shape index (κ1) is 22.5. The number of hydrogen-bond donors (Lipinski definition) is 3. The van der Waals surface area contributed by atoms with Crippen LogP contribution in [-0.2, 0) is 9.92 Å². The summed E-state index contributed by atoms with van der Waals surface area (Å²) in [7, 11) is -1.56. The molecule has 0 amide bonds. The maximum atomic E-state index is 12.9. The Labute approximate surface area is 188 Å². The zero-order valence-electron chi connectivity index (χ0n) is 18.2. The lowest BCUT2D eigenvalue weighted by molar-refractivity contribution is 0.0112. The van der Waals surface area contributed by atoms with Crippen molar-refractivity contribution in [1.82, 2.24) is 14.6 Å². The minimum absolute atomic E-state index is 0.0716. The summed E-state index contributed by atoms with van der Waals surface area (Å²) in [6, 6.07) is 14.1. The van der Waals surface area contributed by atoms with Crippen LogP contribution >= 0.6 is 0 Å². The Balaban J connectivity index is 1.45. The van der Waals surface area contributed by atoms with Crippen LogP contribution in [0.1, 0.15) is 19.8 Å². The van der Waals surface area contributed by atoms with Gasteiger partial charge >= 0.3 is 0 Å². The number of fused-ring (bicyclic) bond motifs is 1. The van der Waals surface area contributed by atoms with E-state index >= 15 is 0 Å². The Morgan fingerprint density at radius 1 is 1.25 bits per heavy atom. The molecule has 1 saturated heterocycles. The first-order valence-electron chi connectivity index (χ1n) is 10.6. The second-order valence-corrected chi connectivity index (χ2v) is 9.71. The number of nitrogens with zero attached hydrogens (tertiary/aromatic N) is 2. The van der Waals surface area contributed by atoms with E-state index in [0.29, 0.717) is 22.9 Å². The van der Waals surface area contributed by atoms with E-state index in [4.69, 9.17) is 14.3 Å². The number of methoxy groups -OCH3 is 1. The van der Waals surface area contributed by atoms with Crippen molar-refractivity contribution in [1.29, 1.82) is 4.78 Å². The van der Waals surface area contributed by atoms with Gasteiger partial charge in [0.05, 0.1) is 17.5 Å². The highest BCUT2D eigenvalue weighted by Crippen LogP contribution is 2.31. The number of nitrogens with one attached hydrogen (secondary N) is 2. The molecule has 1 aromatic heterocycles. The molecule has 3 unspecified atom stereocenters. The van der Waals surface area contributed by atoms with Gasteiger partial charge in [-0.25, -0.2) is 13.7 Å². The summed E-state index contributed by atoms with van der Waals surface area (Å²) < 4.78 is 35.4. The second-order valence-electron chi connectivity index (χ2n) is 7.84. The molecule has 1 aliphatic rings. The Hall–Kier alpha value is -2.72. The van der Waals surface area contributed by atoms with Crippen LogP contribution in [-0.4, -0.2) is 51.7 Å². The third-order valence-electron chi connectivity index (χ3n) is 5.72. The van der Waals surface area contributed by atoms with Gasteiger partial charge in [0.2, 0.25) is 0 Å². The third kappa shape index (κ3) is 4.86. The number of benzene rings is 2. The largest absolute Gasteiger partial charge is 0.497 e. The minimum atomic E-state index is -3.17. The van der Waals surface area contributed by atoms with Crippen LogP contribution in [0.15, 0.2) is 59.6 Å². The van der Waals surface area contributed by atoms with Crippen LogP contribution in [0, 0.1) is 4.78 Å². The molecule has 0 bridgehead atoms. The predicted octanol–water partition coefficient (Wildman–Crippen LogP) is 3.75. The highest BCUT2D eigenvalue weighted by Gasteiger charge is 2.28. The van der Waals surface area contributed by atoms with E-state index in [-0.39, 0.29) is 6.04 Å². The van der Waals surface area contributed by atoms with Crippen molar-refractivity contribution < 1.29 is 18.8 Å². The molecule has 2 heterocycles. The maximum absolute atomic E-state index is 12.9. The van der Waals surface area contributed by atoms with Gasteiger partial charge < -0.3 is 14.6 Å². The van der Waals surface area contributed by atoms with E-state index in [0.717, 1.165) is 36.0 Å². The van der Waals surface area contributed by atoms with E-state index in [1.54, 1.807) is 50.6 Å². The summed E-state index contributed by atoms with van der Waals surface area (Å²) in [5.41, 5.74) is 0.759. The van der Waals surface area contributed by atoms with Crippen molar-refractivity contribution in [2.24, 2.45) is 0 Å². The van der Waals surface area contributed by atoms with E-state index in [2.05, 4.69) is 9.71 Å². The van der Waals surface area contributed by atoms with Crippen LogP contribution in [0.2, 0.25) is 0 Å². The molecule has 3 atom stereocenters. The van der Waals surface area contributed by atoms with Crippen molar-refractivity contribution in [3.63, 3.8) is 0 Å². The number of hydrogen-bond acceptors (Lipinski definition) is 7. The number of likely N-dealkylation sites (tertiary alicyclic amines) is 1. The van der Waals surface area contributed by atoms with Gasteiger partial charge in [-0.1, -0.05) is 0 Å². The normalized spacial score (nSPS) is 19.5. The van der Waals surface area contributed by atoms with Crippen LogP contribution in [0.3, 0.4) is 0 Å². The van der Waals surface area contributed by atoms with Crippen molar-refractivity contribution in [3.05, 3.63) is 54.7 Å². The smallest absolute Gasteiger partial charge is 0.138 e. The molecule has 3 N–H and O–H groups in total. The zero-order chi connectivity index (χ0) is 22.7. The average molecular weight is 457 g/mol. The van der Waals surface area contributed by atoms with Crippen molar-refractivity contribution in [2.75, 3.05) is 20.2 Å². The molecule has 0 radical (unpaired) electrons. The standard InChI is InChI=1S/C23H28N4O4S/c1-16(28)27-13-3-4-17(27)15-26-32(24,29)20-8-5-18(6-9-20)31-23-11-12-25-22-14-19(30-2)7-10-21(22)23/h5-12,14,16-17,28H,3-4,13,15H2,1-2H3,(H2,24,26,29). The fourth-order valence-corrected chi connectivity index (χ4v) is 5.12.